The minimum absolute atomic E-state index is 0.115. The van der Waals surface area contributed by atoms with E-state index in [1.54, 1.807) is 0 Å². The van der Waals surface area contributed by atoms with Crippen molar-refractivity contribution in [3.8, 4) is 0 Å². The number of nitrogens with one attached hydrogen (secondary N) is 2. The average molecular weight is 262 g/mol. The van der Waals surface area contributed by atoms with Gasteiger partial charge < -0.3 is 10.6 Å². The van der Waals surface area contributed by atoms with Gasteiger partial charge in [0.15, 0.2) is 0 Å². The average Bonchev–Trinajstić information content (AvgIpc) is 2.38. The Balaban J connectivity index is 2.43. The van der Waals surface area contributed by atoms with Gasteiger partial charge in [-0.05, 0) is 30.9 Å². The molecule has 1 rings (SSSR count). The van der Waals surface area contributed by atoms with Crippen LogP contribution >= 0.6 is 0 Å². The Morgan fingerprint density at radius 1 is 1.21 bits per heavy atom. The molecule has 1 atom stereocenters. The molecule has 3 heteroatoms. The van der Waals surface area contributed by atoms with Crippen LogP contribution in [0.3, 0.4) is 0 Å². The number of carbonyl (C=O) groups is 1. The first-order valence-electron chi connectivity index (χ1n) is 7.16. The van der Waals surface area contributed by atoms with Crippen molar-refractivity contribution in [3.63, 3.8) is 0 Å². The third-order valence-corrected chi connectivity index (χ3v) is 3.27. The molecule has 0 heterocycles. The van der Waals surface area contributed by atoms with Gasteiger partial charge in [0, 0.05) is 24.7 Å². The molecule has 1 amide bonds. The number of hydrogen-bond acceptors (Lipinski definition) is 2. The topological polar surface area (TPSA) is 41.1 Å². The van der Waals surface area contributed by atoms with E-state index in [1.807, 2.05) is 13.0 Å². The monoisotopic (exact) mass is 262 g/mol. The molecule has 1 unspecified atom stereocenters. The first kappa shape index (κ1) is 15.5. The van der Waals surface area contributed by atoms with Crippen LogP contribution in [0.15, 0.2) is 24.3 Å². The van der Waals surface area contributed by atoms with E-state index in [-0.39, 0.29) is 11.9 Å². The van der Waals surface area contributed by atoms with Crippen LogP contribution in [0.5, 0.6) is 0 Å². The summed E-state index contributed by atoms with van der Waals surface area (Å²) < 4.78 is 0. The molecule has 3 nitrogen and oxygen atoms in total. The van der Waals surface area contributed by atoms with Crippen LogP contribution in [0.25, 0.3) is 0 Å². The third-order valence-electron chi connectivity index (χ3n) is 3.27. The highest BCUT2D eigenvalue weighted by Crippen LogP contribution is 2.23. The molecule has 0 aromatic heterocycles. The van der Waals surface area contributed by atoms with Crippen molar-refractivity contribution in [2.45, 2.75) is 52.5 Å². The smallest absolute Gasteiger partial charge is 0.221 e. The van der Waals surface area contributed by atoms with Gasteiger partial charge >= 0.3 is 0 Å². The summed E-state index contributed by atoms with van der Waals surface area (Å²) in [5.74, 6) is 0.599. The molecule has 0 aliphatic heterocycles. The zero-order valence-corrected chi connectivity index (χ0v) is 12.5. The van der Waals surface area contributed by atoms with Gasteiger partial charge in [-0.3, -0.25) is 4.79 Å². The van der Waals surface area contributed by atoms with Gasteiger partial charge in [0.2, 0.25) is 5.91 Å². The van der Waals surface area contributed by atoms with Gasteiger partial charge in [0.25, 0.3) is 0 Å². The van der Waals surface area contributed by atoms with E-state index in [0.717, 1.165) is 12.1 Å². The first-order chi connectivity index (χ1) is 9.04. The summed E-state index contributed by atoms with van der Waals surface area (Å²) in [6, 6.07) is 8.54. The predicted octanol–water partition coefficient (Wildman–Crippen LogP) is 3.53. The summed E-state index contributed by atoms with van der Waals surface area (Å²) in [6.07, 6.45) is 1.48. The highest BCUT2D eigenvalue weighted by Gasteiger charge is 2.07. The summed E-state index contributed by atoms with van der Waals surface area (Å²) >= 11 is 0. The highest BCUT2D eigenvalue weighted by molar-refractivity contribution is 5.76. The van der Waals surface area contributed by atoms with E-state index in [0.29, 0.717) is 18.9 Å². The maximum absolute atomic E-state index is 11.7. The van der Waals surface area contributed by atoms with Crippen LogP contribution in [-0.4, -0.2) is 18.5 Å². The Morgan fingerprint density at radius 2 is 1.89 bits per heavy atom. The van der Waals surface area contributed by atoms with E-state index in [9.17, 15) is 4.79 Å². The Hall–Kier alpha value is -1.51. The maximum Gasteiger partial charge on any atom is 0.221 e. The zero-order valence-electron chi connectivity index (χ0n) is 12.5. The van der Waals surface area contributed by atoms with E-state index < -0.39 is 0 Å². The number of amides is 1. The van der Waals surface area contributed by atoms with Gasteiger partial charge in [0.05, 0.1) is 0 Å². The lowest BCUT2D eigenvalue weighted by Crippen LogP contribution is -2.33. The second-order valence-corrected chi connectivity index (χ2v) is 5.30. The minimum atomic E-state index is 0.115. The number of benzene rings is 1. The van der Waals surface area contributed by atoms with Crippen molar-refractivity contribution in [2.24, 2.45) is 0 Å². The molecule has 0 saturated heterocycles. The number of hydrogen-bond donors (Lipinski definition) is 2. The Bertz CT molecular complexity index is 401. The molecule has 0 radical (unpaired) electrons. The van der Waals surface area contributed by atoms with Crippen LogP contribution in [0.2, 0.25) is 0 Å². The van der Waals surface area contributed by atoms with Crippen LogP contribution in [-0.2, 0) is 4.79 Å². The van der Waals surface area contributed by atoms with Crippen LogP contribution in [0.4, 0.5) is 5.69 Å². The molecule has 0 bridgehead atoms. The SMILES string of the molecule is CCC(C)NC(=O)CCNc1ccccc1C(C)C. The fourth-order valence-electron chi connectivity index (χ4n) is 1.92. The zero-order chi connectivity index (χ0) is 14.3. The van der Waals surface area contributed by atoms with Crippen molar-refractivity contribution in [3.05, 3.63) is 29.8 Å². The van der Waals surface area contributed by atoms with Crippen molar-refractivity contribution < 1.29 is 4.79 Å². The molecule has 0 aliphatic rings. The molecule has 19 heavy (non-hydrogen) atoms. The number of rotatable bonds is 7. The lowest BCUT2D eigenvalue weighted by atomic mass is 10.0. The molecular weight excluding hydrogens is 236 g/mol. The van der Waals surface area contributed by atoms with Crippen molar-refractivity contribution in [1.29, 1.82) is 0 Å². The highest BCUT2D eigenvalue weighted by atomic mass is 16.1. The molecular formula is C16H26N2O. The second kappa shape index (κ2) is 7.82. The fraction of sp³-hybridized carbons (Fsp3) is 0.562. The standard InChI is InChI=1S/C16H26N2O/c1-5-13(4)18-16(19)10-11-17-15-9-7-6-8-14(15)12(2)3/h6-9,12-13,17H,5,10-11H2,1-4H3,(H,18,19). The second-order valence-electron chi connectivity index (χ2n) is 5.30. The Kier molecular flexibility index (Phi) is 6.40. The fourth-order valence-corrected chi connectivity index (χ4v) is 1.92. The van der Waals surface area contributed by atoms with Crippen molar-refractivity contribution in [1.82, 2.24) is 5.32 Å². The summed E-state index contributed by atoms with van der Waals surface area (Å²) in [4.78, 5) is 11.7. The molecule has 106 valence electrons. The van der Waals surface area contributed by atoms with E-state index in [1.165, 1.54) is 5.56 Å². The quantitative estimate of drug-likeness (QED) is 0.789. The van der Waals surface area contributed by atoms with E-state index in [4.69, 9.17) is 0 Å². The van der Waals surface area contributed by atoms with E-state index >= 15 is 0 Å². The lowest BCUT2D eigenvalue weighted by molar-refractivity contribution is -0.121. The summed E-state index contributed by atoms with van der Waals surface area (Å²) in [7, 11) is 0. The molecule has 1 aromatic rings. The van der Waals surface area contributed by atoms with Crippen molar-refractivity contribution >= 4 is 11.6 Å². The number of carbonyl (C=O) groups excluding carboxylic acids is 1. The van der Waals surface area contributed by atoms with Crippen LogP contribution < -0.4 is 10.6 Å². The summed E-state index contributed by atoms with van der Waals surface area (Å²) in [5.41, 5.74) is 2.43. The van der Waals surface area contributed by atoms with Crippen LogP contribution in [0, 0.1) is 0 Å². The molecule has 2 N–H and O–H groups in total. The number of anilines is 1. The van der Waals surface area contributed by atoms with E-state index in [2.05, 4.69) is 49.6 Å². The molecule has 0 aliphatic carbocycles. The van der Waals surface area contributed by atoms with Crippen LogP contribution in [0.1, 0.15) is 52.0 Å². The molecule has 0 fully saturated rings. The van der Waals surface area contributed by atoms with Gasteiger partial charge in [0.1, 0.15) is 0 Å². The Morgan fingerprint density at radius 3 is 2.53 bits per heavy atom. The van der Waals surface area contributed by atoms with Gasteiger partial charge in [-0.15, -0.1) is 0 Å². The third kappa shape index (κ3) is 5.33. The first-order valence-corrected chi connectivity index (χ1v) is 7.16. The normalized spacial score (nSPS) is 12.3. The lowest BCUT2D eigenvalue weighted by Gasteiger charge is -2.15. The Labute approximate surface area is 116 Å². The minimum Gasteiger partial charge on any atom is -0.384 e. The summed E-state index contributed by atoms with van der Waals surface area (Å²) in [6.45, 7) is 9.12. The molecule has 0 saturated carbocycles. The molecule has 1 aromatic carbocycles. The predicted molar refractivity (Wildman–Crippen MR) is 81.5 cm³/mol. The largest absolute Gasteiger partial charge is 0.384 e. The van der Waals surface area contributed by atoms with Gasteiger partial charge in [-0.25, -0.2) is 0 Å². The van der Waals surface area contributed by atoms with Gasteiger partial charge in [-0.1, -0.05) is 39.0 Å². The van der Waals surface area contributed by atoms with Gasteiger partial charge in [-0.2, -0.15) is 0 Å². The maximum atomic E-state index is 11.7. The van der Waals surface area contributed by atoms with Crippen molar-refractivity contribution in [2.75, 3.05) is 11.9 Å². The number of para-hydroxylation sites is 1. The summed E-state index contributed by atoms with van der Waals surface area (Å²) in [5, 5.41) is 6.33. The molecule has 0 spiro atoms.